The van der Waals surface area contributed by atoms with Crippen molar-refractivity contribution in [3.63, 3.8) is 0 Å². The molecule has 0 unspecified atom stereocenters. The Labute approximate surface area is 146 Å². The normalized spacial score (nSPS) is 21.8. The molecule has 2 aromatic heterocycles. The molecule has 2 aliphatic heterocycles. The van der Waals surface area contributed by atoms with Gasteiger partial charge in [-0.25, -0.2) is 0 Å². The summed E-state index contributed by atoms with van der Waals surface area (Å²) in [6.07, 6.45) is 2.66. The Morgan fingerprint density at radius 3 is 2.92 bits per heavy atom. The van der Waals surface area contributed by atoms with Crippen LogP contribution < -0.4 is 0 Å². The maximum atomic E-state index is 13.1. The first-order chi connectivity index (χ1) is 12.2. The van der Waals surface area contributed by atoms with Crippen molar-refractivity contribution < 1.29 is 14.1 Å². The molecule has 0 aromatic carbocycles. The fourth-order valence-corrected chi connectivity index (χ4v) is 3.55. The molecule has 134 valence electrons. The molecule has 1 saturated heterocycles. The molecule has 0 bridgehead atoms. The smallest absolute Gasteiger partial charge is 0.276 e. The number of morpholine rings is 1. The number of carbonyl (C=O) groups is 1. The van der Waals surface area contributed by atoms with Gasteiger partial charge in [-0.2, -0.15) is 5.10 Å². The third kappa shape index (κ3) is 3.45. The molecular formula is C17H23N5O3. The van der Waals surface area contributed by atoms with Crippen LogP contribution in [0.2, 0.25) is 0 Å². The SMILES string of the molecule is Cc1cc(C(=O)N2Cc3ccnn3CC[C@H]2CN2CCOCC2)no1. The Morgan fingerprint density at radius 1 is 1.32 bits per heavy atom. The van der Waals surface area contributed by atoms with Gasteiger partial charge >= 0.3 is 0 Å². The molecule has 0 spiro atoms. The van der Waals surface area contributed by atoms with Crippen LogP contribution in [0.4, 0.5) is 0 Å². The van der Waals surface area contributed by atoms with Crippen molar-refractivity contribution in [1.29, 1.82) is 0 Å². The largest absolute Gasteiger partial charge is 0.379 e. The fraction of sp³-hybridized carbons (Fsp3) is 0.588. The molecule has 4 heterocycles. The summed E-state index contributed by atoms with van der Waals surface area (Å²) in [6.45, 7) is 7.33. The Bertz CT molecular complexity index is 734. The summed E-state index contributed by atoms with van der Waals surface area (Å²) in [6, 6.07) is 3.80. The fourth-order valence-electron chi connectivity index (χ4n) is 3.55. The van der Waals surface area contributed by atoms with Crippen LogP contribution in [0, 0.1) is 6.92 Å². The maximum Gasteiger partial charge on any atom is 0.276 e. The van der Waals surface area contributed by atoms with E-state index < -0.39 is 0 Å². The molecule has 1 fully saturated rings. The molecule has 2 aliphatic rings. The van der Waals surface area contributed by atoms with Gasteiger partial charge in [-0.3, -0.25) is 14.4 Å². The third-order valence-corrected chi connectivity index (χ3v) is 4.93. The highest BCUT2D eigenvalue weighted by Crippen LogP contribution is 2.21. The van der Waals surface area contributed by atoms with Gasteiger partial charge < -0.3 is 14.2 Å². The van der Waals surface area contributed by atoms with Gasteiger partial charge in [0, 0.05) is 44.5 Å². The standard InChI is InChI=1S/C17H23N5O3/c1-13-10-16(19-25-13)17(23)21-12-15-2-4-18-22(15)5-3-14(21)11-20-6-8-24-9-7-20/h2,4,10,14H,3,5-9,11-12H2,1H3/t14-/m0/s1. The van der Waals surface area contributed by atoms with Gasteiger partial charge in [-0.05, 0) is 19.4 Å². The molecule has 0 saturated carbocycles. The van der Waals surface area contributed by atoms with Gasteiger partial charge in [-0.15, -0.1) is 0 Å². The highest BCUT2D eigenvalue weighted by molar-refractivity contribution is 5.92. The van der Waals surface area contributed by atoms with E-state index >= 15 is 0 Å². The van der Waals surface area contributed by atoms with E-state index in [1.807, 2.05) is 15.6 Å². The van der Waals surface area contributed by atoms with Gasteiger partial charge in [0.15, 0.2) is 5.69 Å². The molecule has 4 rings (SSSR count). The first-order valence-electron chi connectivity index (χ1n) is 8.76. The molecule has 0 aliphatic carbocycles. The topological polar surface area (TPSA) is 76.6 Å². The van der Waals surface area contributed by atoms with Crippen molar-refractivity contribution in [1.82, 2.24) is 24.7 Å². The van der Waals surface area contributed by atoms with Crippen molar-refractivity contribution in [2.75, 3.05) is 32.8 Å². The first kappa shape index (κ1) is 16.3. The van der Waals surface area contributed by atoms with Gasteiger partial charge in [0.1, 0.15) is 5.76 Å². The van der Waals surface area contributed by atoms with Gasteiger partial charge in [0.05, 0.1) is 25.5 Å². The highest BCUT2D eigenvalue weighted by Gasteiger charge is 2.31. The summed E-state index contributed by atoms with van der Waals surface area (Å²) >= 11 is 0. The van der Waals surface area contributed by atoms with E-state index in [2.05, 4.69) is 15.2 Å². The predicted octanol–water partition coefficient (Wildman–Crippen LogP) is 0.926. The number of hydrogen-bond acceptors (Lipinski definition) is 6. The van der Waals surface area contributed by atoms with Crippen LogP contribution in [0.5, 0.6) is 0 Å². The second-order valence-corrected chi connectivity index (χ2v) is 6.66. The number of amides is 1. The summed E-state index contributed by atoms with van der Waals surface area (Å²) in [4.78, 5) is 17.4. The first-order valence-corrected chi connectivity index (χ1v) is 8.76. The van der Waals surface area contributed by atoms with Gasteiger partial charge in [0.2, 0.25) is 0 Å². The second-order valence-electron chi connectivity index (χ2n) is 6.66. The quantitative estimate of drug-likeness (QED) is 0.824. The van der Waals surface area contributed by atoms with E-state index in [0.717, 1.165) is 51.5 Å². The van der Waals surface area contributed by atoms with Crippen LogP contribution >= 0.6 is 0 Å². The summed E-state index contributed by atoms with van der Waals surface area (Å²) in [5.41, 5.74) is 1.43. The van der Waals surface area contributed by atoms with E-state index in [1.165, 1.54) is 0 Å². The maximum absolute atomic E-state index is 13.1. The number of nitrogens with zero attached hydrogens (tertiary/aromatic N) is 5. The average Bonchev–Trinajstić information content (AvgIpc) is 3.22. The number of aromatic nitrogens is 3. The monoisotopic (exact) mass is 345 g/mol. The lowest BCUT2D eigenvalue weighted by atomic mass is 10.1. The number of fused-ring (bicyclic) bond motifs is 1. The van der Waals surface area contributed by atoms with Crippen LogP contribution in [0.15, 0.2) is 22.9 Å². The van der Waals surface area contributed by atoms with Crippen molar-refractivity contribution in [3.05, 3.63) is 35.5 Å². The van der Waals surface area contributed by atoms with Crippen molar-refractivity contribution in [3.8, 4) is 0 Å². The molecule has 0 radical (unpaired) electrons. The van der Waals surface area contributed by atoms with Crippen LogP contribution in [-0.4, -0.2) is 69.5 Å². The molecule has 2 aromatic rings. The minimum absolute atomic E-state index is 0.0789. The van der Waals surface area contributed by atoms with Gasteiger partial charge in [0.25, 0.3) is 5.91 Å². The molecule has 8 nitrogen and oxygen atoms in total. The van der Waals surface area contributed by atoms with E-state index in [9.17, 15) is 4.79 Å². The Kier molecular flexibility index (Phi) is 4.54. The van der Waals surface area contributed by atoms with Crippen LogP contribution in [0.3, 0.4) is 0 Å². The number of hydrogen-bond donors (Lipinski definition) is 0. The summed E-state index contributed by atoms with van der Waals surface area (Å²) in [7, 11) is 0. The third-order valence-electron chi connectivity index (χ3n) is 4.93. The van der Waals surface area contributed by atoms with Crippen LogP contribution in [0.25, 0.3) is 0 Å². The van der Waals surface area contributed by atoms with E-state index in [-0.39, 0.29) is 11.9 Å². The zero-order valence-corrected chi connectivity index (χ0v) is 14.4. The summed E-state index contributed by atoms with van der Waals surface area (Å²) in [5, 5.41) is 8.30. The lowest BCUT2D eigenvalue weighted by Crippen LogP contribution is -2.49. The van der Waals surface area contributed by atoms with E-state index in [1.54, 1.807) is 19.2 Å². The number of ether oxygens (including phenoxy) is 1. The zero-order valence-electron chi connectivity index (χ0n) is 14.4. The van der Waals surface area contributed by atoms with Crippen LogP contribution in [0.1, 0.15) is 28.4 Å². The van der Waals surface area contributed by atoms with E-state index in [0.29, 0.717) is 18.0 Å². The van der Waals surface area contributed by atoms with Crippen molar-refractivity contribution >= 4 is 5.91 Å². The number of aryl methyl sites for hydroxylation is 2. The second kappa shape index (κ2) is 6.97. The van der Waals surface area contributed by atoms with Crippen LogP contribution in [-0.2, 0) is 17.8 Å². The summed E-state index contributed by atoms with van der Waals surface area (Å²) in [5.74, 6) is 0.567. The molecule has 25 heavy (non-hydrogen) atoms. The van der Waals surface area contributed by atoms with Crippen molar-refractivity contribution in [2.45, 2.75) is 32.5 Å². The lowest BCUT2D eigenvalue weighted by Gasteiger charge is -2.35. The minimum atomic E-state index is -0.0789. The lowest BCUT2D eigenvalue weighted by molar-refractivity contribution is 0.0200. The van der Waals surface area contributed by atoms with E-state index in [4.69, 9.17) is 9.26 Å². The molecule has 0 N–H and O–H groups in total. The summed E-state index contributed by atoms with van der Waals surface area (Å²) < 4.78 is 12.5. The zero-order chi connectivity index (χ0) is 17.2. The Hall–Kier alpha value is -2.19. The average molecular weight is 345 g/mol. The van der Waals surface area contributed by atoms with Gasteiger partial charge in [-0.1, -0.05) is 5.16 Å². The molecular weight excluding hydrogens is 322 g/mol. The predicted molar refractivity (Wildman–Crippen MR) is 89.0 cm³/mol. The van der Waals surface area contributed by atoms with Crippen molar-refractivity contribution in [2.24, 2.45) is 0 Å². The number of rotatable bonds is 3. The Balaban J connectivity index is 1.58. The highest BCUT2D eigenvalue weighted by atomic mass is 16.5. The minimum Gasteiger partial charge on any atom is -0.379 e. The molecule has 1 amide bonds. The number of carbonyl (C=O) groups excluding carboxylic acids is 1. The molecule has 8 heteroatoms. The molecule has 1 atom stereocenters. The Morgan fingerprint density at radius 2 is 2.16 bits per heavy atom.